The van der Waals surface area contributed by atoms with Gasteiger partial charge in [-0.15, -0.1) is 0 Å². The lowest BCUT2D eigenvalue weighted by Gasteiger charge is -2.09. The van der Waals surface area contributed by atoms with Crippen LogP contribution in [0.1, 0.15) is 5.56 Å². The van der Waals surface area contributed by atoms with Crippen molar-refractivity contribution in [2.75, 3.05) is 0 Å². The Kier molecular flexibility index (Phi) is 4.20. The normalized spacial score (nSPS) is 10.3. The fourth-order valence-corrected chi connectivity index (χ4v) is 2.05. The molecular weight excluding hydrogens is 307 g/mol. The van der Waals surface area contributed by atoms with Crippen molar-refractivity contribution >= 4 is 40.6 Å². The van der Waals surface area contributed by atoms with Crippen LogP contribution in [0.2, 0.25) is 15.1 Å². The molecule has 6 heteroatoms. The number of nitrogens with two attached hydrogens (primary N) is 1. The Labute approximate surface area is 125 Å². The van der Waals surface area contributed by atoms with Crippen molar-refractivity contribution in [2.45, 2.75) is 0 Å². The smallest absolute Gasteiger partial charge is 0.147 e. The van der Waals surface area contributed by atoms with E-state index < -0.39 is 0 Å². The van der Waals surface area contributed by atoms with Crippen molar-refractivity contribution in [3.05, 3.63) is 57.0 Å². The van der Waals surface area contributed by atoms with Gasteiger partial charge in [-0.3, -0.25) is 5.41 Å². The number of halogens is 3. The standard InChI is InChI=1S/C13H9Cl3N2O/c14-7-1-4-10(15)12(5-7)19-8-2-3-9(13(17)18)11(16)6-8/h1-6H,(H3,17,18). The maximum absolute atomic E-state index is 7.34. The molecule has 0 spiro atoms. The van der Waals surface area contributed by atoms with Crippen LogP contribution in [-0.2, 0) is 0 Å². The number of ether oxygens (including phenoxy) is 1. The minimum atomic E-state index is -0.0997. The van der Waals surface area contributed by atoms with Crippen LogP contribution in [0, 0.1) is 5.41 Å². The van der Waals surface area contributed by atoms with Crippen LogP contribution >= 0.6 is 34.8 Å². The lowest BCUT2D eigenvalue weighted by Crippen LogP contribution is -2.11. The van der Waals surface area contributed by atoms with Crippen molar-refractivity contribution in [2.24, 2.45) is 5.73 Å². The minimum absolute atomic E-state index is 0.0997. The van der Waals surface area contributed by atoms with Crippen LogP contribution in [-0.4, -0.2) is 5.84 Å². The number of rotatable bonds is 3. The monoisotopic (exact) mass is 314 g/mol. The van der Waals surface area contributed by atoms with Crippen LogP contribution in [0.25, 0.3) is 0 Å². The summed E-state index contributed by atoms with van der Waals surface area (Å²) in [6, 6.07) is 9.75. The summed E-state index contributed by atoms with van der Waals surface area (Å²) in [6.45, 7) is 0. The second-order valence-corrected chi connectivity index (χ2v) is 4.98. The van der Waals surface area contributed by atoms with Gasteiger partial charge < -0.3 is 10.5 Å². The summed E-state index contributed by atoms with van der Waals surface area (Å²) in [5, 5.41) is 8.64. The molecule has 0 saturated heterocycles. The molecule has 2 rings (SSSR count). The van der Waals surface area contributed by atoms with Gasteiger partial charge in [0.15, 0.2) is 0 Å². The summed E-state index contributed by atoms with van der Waals surface area (Å²) in [7, 11) is 0. The van der Waals surface area contributed by atoms with Crippen LogP contribution < -0.4 is 10.5 Å². The summed E-state index contributed by atoms with van der Waals surface area (Å²) in [5.74, 6) is 0.817. The van der Waals surface area contributed by atoms with E-state index in [1.807, 2.05) is 0 Å². The van der Waals surface area contributed by atoms with Crippen LogP contribution in [0.15, 0.2) is 36.4 Å². The van der Waals surface area contributed by atoms with Crippen molar-refractivity contribution < 1.29 is 4.74 Å². The second kappa shape index (κ2) is 5.70. The second-order valence-electron chi connectivity index (χ2n) is 3.73. The Bertz CT molecular complexity index is 644. The molecule has 0 aliphatic heterocycles. The highest BCUT2D eigenvalue weighted by molar-refractivity contribution is 6.34. The molecule has 3 N–H and O–H groups in total. The topological polar surface area (TPSA) is 59.1 Å². The number of amidine groups is 1. The zero-order valence-corrected chi connectivity index (χ0v) is 11.9. The van der Waals surface area contributed by atoms with Gasteiger partial charge in [-0.25, -0.2) is 0 Å². The van der Waals surface area contributed by atoms with Crippen molar-refractivity contribution in [3.8, 4) is 11.5 Å². The maximum atomic E-state index is 7.34. The summed E-state index contributed by atoms with van der Waals surface area (Å²) in [5.41, 5.74) is 5.83. The Morgan fingerprint density at radius 2 is 1.74 bits per heavy atom. The van der Waals surface area contributed by atoms with Gasteiger partial charge in [0.2, 0.25) is 0 Å². The summed E-state index contributed by atoms with van der Waals surface area (Å²) < 4.78 is 5.59. The lowest BCUT2D eigenvalue weighted by atomic mass is 10.2. The maximum Gasteiger partial charge on any atom is 0.147 e. The molecule has 0 heterocycles. The average molecular weight is 316 g/mol. The quantitative estimate of drug-likeness (QED) is 0.636. The first-order chi connectivity index (χ1) is 8.97. The van der Waals surface area contributed by atoms with E-state index in [1.165, 1.54) is 0 Å². The minimum Gasteiger partial charge on any atom is -0.456 e. The largest absolute Gasteiger partial charge is 0.456 e. The Morgan fingerprint density at radius 1 is 1.00 bits per heavy atom. The van der Waals surface area contributed by atoms with E-state index in [9.17, 15) is 0 Å². The SMILES string of the molecule is N=C(N)c1ccc(Oc2cc(Cl)ccc2Cl)cc1Cl. The average Bonchev–Trinajstić information content (AvgIpc) is 2.33. The fraction of sp³-hybridized carbons (Fsp3) is 0. The predicted molar refractivity (Wildman–Crippen MR) is 79.0 cm³/mol. The van der Waals surface area contributed by atoms with Gasteiger partial charge in [-0.1, -0.05) is 34.8 Å². The molecule has 0 amide bonds. The molecule has 0 unspecified atom stereocenters. The number of nitrogen functional groups attached to an aromatic ring is 1. The first-order valence-electron chi connectivity index (χ1n) is 5.24. The van der Waals surface area contributed by atoms with Gasteiger partial charge in [-0.2, -0.15) is 0 Å². The Morgan fingerprint density at radius 3 is 2.37 bits per heavy atom. The number of nitrogens with one attached hydrogen (secondary N) is 1. The molecule has 0 aliphatic carbocycles. The van der Waals surface area contributed by atoms with Gasteiger partial charge in [-0.05, 0) is 24.3 Å². The van der Waals surface area contributed by atoms with E-state index in [-0.39, 0.29) is 5.84 Å². The molecule has 19 heavy (non-hydrogen) atoms. The Balaban J connectivity index is 2.31. The molecule has 0 bridgehead atoms. The van der Waals surface area contributed by atoms with E-state index in [2.05, 4.69) is 0 Å². The van der Waals surface area contributed by atoms with Crippen LogP contribution in [0.3, 0.4) is 0 Å². The molecule has 0 aromatic heterocycles. The molecule has 0 fully saturated rings. The molecule has 98 valence electrons. The van der Waals surface area contributed by atoms with Gasteiger partial charge >= 0.3 is 0 Å². The van der Waals surface area contributed by atoms with Gasteiger partial charge in [0.25, 0.3) is 0 Å². The van der Waals surface area contributed by atoms with Gasteiger partial charge in [0, 0.05) is 22.7 Å². The summed E-state index contributed by atoms with van der Waals surface area (Å²) in [6.07, 6.45) is 0. The first-order valence-corrected chi connectivity index (χ1v) is 6.37. The van der Waals surface area contributed by atoms with Crippen molar-refractivity contribution in [3.63, 3.8) is 0 Å². The highest BCUT2D eigenvalue weighted by Gasteiger charge is 2.08. The highest BCUT2D eigenvalue weighted by Crippen LogP contribution is 2.33. The summed E-state index contributed by atoms with van der Waals surface area (Å²) >= 11 is 17.9. The zero-order valence-electron chi connectivity index (χ0n) is 9.58. The predicted octanol–water partition coefficient (Wildman–Crippen LogP) is 4.72. The third-order valence-corrected chi connectivity index (χ3v) is 3.21. The molecule has 0 atom stereocenters. The number of benzene rings is 2. The van der Waals surface area contributed by atoms with Gasteiger partial charge in [0.1, 0.15) is 17.3 Å². The lowest BCUT2D eigenvalue weighted by molar-refractivity contribution is 0.483. The zero-order chi connectivity index (χ0) is 14.0. The van der Waals surface area contributed by atoms with Crippen molar-refractivity contribution in [1.29, 1.82) is 5.41 Å². The molecule has 2 aromatic rings. The van der Waals surface area contributed by atoms with Crippen LogP contribution in [0.4, 0.5) is 0 Å². The molecule has 0 aliphatic rings. The first kappa shape index (κ1) is 14.0. The Hall–Kier alpha value is -1.42. The van der Waals surface area contributed by atoms with E-state index in [1.54, 1.807) is 36.4 Å². The highest BCUT2D eigenvalue weighted by atomic mass is 35.5. The number of hydrogen-bond donors (Lipinski definition) is 2. The van der Waals surface area contributed by atoms with Crippen molar-refractivity contribution in [1.82, 2.24) is 0 Å². The molecular formula is C13H9Cl3N2O. The van der Waals surface area contributed by atoms with E-state index in [0.717, 1.165) is 0 Å². The molecule has 0 radical (unpaired) electrons. The molecule has 3 nitrogen and oxygen atoms in total. The van der Waals surface area contributed by atoms with E-state index in [0.29, 0.717) is 32.1 Å². The molecule has 0 saturated carbocycles. The third kappa shape index (κ3) is 3.32. The van der Waals surface area contributed by atoms with E-state index >= 15 is 0 Å². The third-order valence-electron chi connectivity index (χ3n) is 2.35. The fourth-order valence-electron chi connectivity index (χ4n) is 1.46. The molecule has 2 aromatic carbocycles. The summed E-state index contributed by atoms with van der Waals surface area (Å²) in [4.78, 5) is 0. The van der Waals surface area contributed by atoms with E-state index in [4.69, 9.17) is 50.7 Å². The number of hydrogen-bond acceptors (Lipinski definition) is 2. The van der Waals surface area contributed by atoms with Crippen LogP contribution in [0.5, 0.6) is 11.5 Å². The van der Waals surface area contributed by atoms with Gasteiger partial charge in [0.05, 0.1) is 10.0 Å².